The molecule has 168 valence electrons. The van der Waals surface area contributed by atoms with Crippen LogP contribution in [-0.4, -0.2) is 30.8 Å². The zero-order valence-corrected chi connectivity index (χ0v) is 18.7. The van der Waals surface area contributed by atoms with Gasteiger partial charge in [-0.25, -0.2) is 19.9 Å². The number of hydrogen-bond donors (Lipinski definition) is 1. The molecular weight excluding hydrogens is 502 g/mol. The summed E-state index contributed by atoms with van der Waals surface area (Å²) in [6.45, 7) is 1.21. The van der Waals surface area contributed by atoms with Crippen molar-refractivity contribution in [1.82, 2.24) is 19.9 Å². The van der Waals surface area contributed by atoms with E-state index in [1.165, 1.54) is 32.1 Å². The van der Waals surface area contributed by atoms with E-state index in [2.05, 4.69) is 19.9 Å². The average Bonchev–Trinajstić information content (AvgIpc) is 3.42. The molecule has 0 aliphatic carbocycles. The average molecular weight is 518 g/mol. The lowest BCUT2D eigenvalue weighted by molar-refractivity contribution is 0.101. The monoisotopic (exact) mass is 516 g/mol. The number of nitrogens with zero attached hydrogens (tertiary/aromatic N) is 4. The maximum atomic E-state index is 11.3. The summed E-state index contributed by atoms with van der Waals surface area (Å²) in [5.74, 6) is 0.608. The smallest absolute Gasteiger partial charge is 0.182 e. The fourth-order valence-corrected chi connectivity index (χ4v) is 2.95. The fourth-order valence-electron chi connectivity index (χ4n) is 2.41. The standard InChI is InChI=1S/C10H6Cl2N2O2.C9H6Cl2N2O2.CH4/c1-5(15)8-9(16-4-14-8)6-2-7(11)10(12)13-3-6;10-6-1-5(2-12-9(6)11)8-7(3-14)13-4-15-8;/h2-4H,1H3;1-2,4,14H,3H2;1H4. The van der Waals surface area contributed by atoms with E-state index in [0.717, 1.165) is 0 Å². The van der Waals surface area contributed by atoms with Crippen LogP contribution in [0.4, 0.5) is 0 Å². The van der Waals surface area contributed by atoms with Crippen molar-refractivity contribution in [1.29, 1.82) is 0 Å². The molecule has 4 aromatic heterocycles. The van der Waals surface area contributed by atoms with Crippen LogP contribution in [0.2, 0.25) is 20.4 Å². The van der Waals surface area contributed by atoms with Crippen LogP contribution in [0.1, 0.15) is 30.5 Å². The Balaban J connectivity index is 0.000000220. The Bertz CT molecular complexity index is 1230. The molecule has 4 heterocycles. The van der Waals surface area contributed by atoms with Crippen molar-refractivity contribution in [3.8, 4) is 22.6 Å². The number of aliphatic hydroxyl groups is 1. The van der Waals surface area contributed by atoms with Gasteiger partial charge in [-0.15, -0.1) is 0 Å². The third-order valence-corrected chi connectivity index (χ3v) is 5.18. The van der Waals surface area contributed by atoms with E-state index in [4.69, 9.17) is 60.3 Å². The lowest BCUT2D eigenvalue weighted by Crippen LogP contribution is -1.95. The Morgan fingerprint density at radius 2 is 1.38 bits per heavy atom. The lowest BCUT2D eigenvalue weighted by atomic mass is 10.1. The van der Waals surface area contributed by atoms with Crippen molar-refractivity contribution < 1.29 is 18.7 Å². The molecule has 1 N–H and O–H groups in total. The minimum absolute atomic E-state index is 0. The highest BCUT2D eigenvalue weighted by Gasteiger charge is 2.16. The molecule has 0 spiro atoms. The Kier molecular flexibility index (Phi) is 9.18. The topological polar surface area (TPSA) is 115 Å². The molecule has 12 heteroatoms. The summed E-state index contributed by atoms with van der Waals surface area (Å²) in [7, 11) is 0. The highest BCUT2D eigenvalue weighted by atomic mass is 35.5. The molecule has 4 rings (SSSR count). The molecule has 4 aromatic rings. The van der Waals surface area contributed by atoms with E-state index in [1.807, 2.05) is 0 Å². The molecule has 0 unspecified atom stereocenters. The van der Waals surface area contributed by atoms with E-state index >= 15 is 0 Å². The first-order valence-corrected chi connectivity index (χ1v) is 9.93. The van der Waals surface area contributed by atoms with Crippen LogP contribution in [0.25, 0.3) is 22.6 Å². The van der Waals surface area contributed by atoms with Gasteiger partial charge in [-0.05, 0) is 12.1 Å². The molecule has 8 nitrogen and oxygen atoms in total. The molecule has 0 aromatic carbocycles. The van der Waals surface area contributed by atoms with Gasteiger partial charge in [0.2, 0.25) is 0 Å². The van der Waals surface area contributed by atoms with E-state index in [0.29, 0.717) is 38.4 Å². The van der Waals surface area contributed by atoms with Gasteiger partial charge in [-0.3, -0.25) is 4.79 Å². The second-order valence-corrected chi connectivity index (χ2v) is 7.40. The molecule has 0 amide bonds. The van der Waals surface area contributed by atoms with Crippen LogP contribution in [0.5, 0.6) is 0 Å². The number of Topliss-reactive ketones (excluding diaryl/α,β-unsaturated/α-hetero) is 1. The van der Waals surface area contributed by atoms with Gasteiger partial charge in [-0.2, -0.15) is 0 Å². The number of aliphatic hydroxyl groups excluding tert-OH is 1. The maximum absolute atomic E-state index is 11.3. The Morgan fingerprint density at radius 1 is 0.875 bits per heavy atom. The summed E-state index contributed by atoms with van der Waals surface area (Å²) in [5, 5.41) is 10.0. The Hall–Kier alpha value is -2.49. The zero-order valence-electron chi connectivity index (χ0n) is 15.6. The van der Waals surface area contributed by atoms with Crippen molar-refractivity contribution in [2.45, 2.75) is 21.0 Å². The highest BCUT2D eigenvalue weighted by molar-refractivity contribution is 6.41. The number of halogens is 4. The van der Waals surface area contributed by atoms with Crippen LogP contribution in [0.15, 0.2) is 46.1 Å². The summed E-state index contributed by atoms with van der Waals surface area (Å²) in [5.41, 5.74) is 1.89. The van der Waals surface area contributed by atoms with Crippen LogP contribution in [0.3, 0.4) is 0 Å². The summed E-state index contributed by atoms with van der Waals surface area (Å²) in [6, 6.07) is 3.18. The van der Waals surface area contributed by atoms with Gasteiger partial charge >= 0.3 is 0 Å². The van der Waals surface area contributed by atoms with Crippen molar-refractivity contribution in [3.05, 3.63) is 69.1 Å². The fraction of sp³-hybridized carbons (Fsp3) is 0.150. The SMILES string of the molecule is C.CC(=O)c1ncoc1-c1cnc(Cl)c(Cl)c1.OCc1ncoc1-c1cnc(Cl)c(Cl)c1. The number of oxazole rings is 2. The number of carbonyl (C=O) groups is 1. The lowest BCUT2D eigenvalue weighted by Gasteiger charge is -2.00. The predicted octanol–water partition coefficient (Wildman–Crippen LogP) is 6.42. The van der Waals surface area contributed by atoms with Crippen LogP contribution in [0, 0.1) is 0 Å². The first kappa shape index (κ1) is 25.8. The Labute approximate surface area is 203 Å². The third-order valence-electron chi connectivity index (χ3n) is 3.81. The van der Waals surface area contributed by atoms with Gasteiger partial charge in [-0.1, -0.05) is 53.8 Å². The summed E-state index contributed by atoms with van der Waals surface area (Å²) in [6.07, 6.45) is 5.44. The number of carbonyl (C=O) groups excluding carboxylic acids is 1. The van der Waals surface area contributed by atoms with E-state index in [1.54, 1.807) is 12.1 Å². The summed E-state index contributed by atoms with van der Waals surface area (Å²) in [4.78, 5) is 26.7. The number of hydrogen-bond acceptors (Lipinski definition) is 8. The number of rotatable bonds is 4. The van der Waals surface area contributed by atoms with Crippen molar-refractivity contribution in [3.63, 3.8) is 0 Å². The predicted molar refractivity (Wildman–Crippen MR) is 122 cm³/mol. The van der Waals surface area contributed by atoms with E-state index < -0.39 is 0 Å². The molecule has 0 radical (unpaired) electrons. The van der Waals surface area contributed by atoms with Gasteiger partial charge in [0.05, 0.1) is 16.7 Å². The minimum Gasteiger partial charge on any atom is -0.443 e. The third kappa shape index (κ3) is 5.85. The van der Waals surface area contributed by atoms with Crippen molar-refractivity contribution >= 4 is 52.2 Å². The molecule has 0 saturated heterocycles. The van der Waals surface area contributed by atoms with Gasteiger partial charge < -0.3 is 13.9 Å². The van der Waals surface area contributed by atoms with E-state index in [9.17, 15) is 4.79 Å². The van der Waals surface area contributed by atoms with Gasteiger partial charge in [0, 0.05) is 30.4 Å². The Morgan fingerprint density at radius 3 is 1.88 bits per heavy atom. The maximum Gasteiger partial charge on any atom is 0.182 e. The summed E-state index contributed by atoms with van der Waals surface area (Å²) >= 11 is 23.0. The van der Waals surface area contributed by atoms with Crippen LogP contribution in [-0.2, 0) is 6.61 Å². The highest BCUT2D eigenvalue weighted by Crippen LogP contribution is 2.29. The number of aromatic nitrogens is 4. The molecule has 0 bridgehead atoms. The van der Waals surface area contributed by atoms with Crippen LogP contribution < -0.4 is 0 Å². The van der Waals surface area contributed by atoms with Gasteiger partial charge in [0.1, 0.15) is 16.0 Å². The van der Waals surface area contributed by atoms with E-state index in [-0.39, 0.29) is 35.8 Å². The van der Waals surface area contributed by atoms with Gasteiger partial charge in [0.15, 0.2) is 35.8 Å². The molecular formula is C20H16Cl4N4O4. The minimum atomic E-state index is -0.202. The molecule has 0 saturated carbocycles. The second-order valence-electron chi connectivity index (χ2n) is 5.87. The second kappa shape index (κ2) is 11.4. The molecule has 0 atom stereocenters. The molecule has 0 aliphatic rings. The summed E-state index contributed by atoms with van der Waals surface area (Å²) < 4.78 is 10.3. The molecule has 0 aliphatic heterocycles. The number of pyridine rings is 2. The largest absolute Gasteiger partial charge is 0.443 e. The first-order valence-electron chi connectivity index (χ1n) is 8.42. The first-order chi connectivity index (χ1) is 14.8. The van der Waals surface area contributed by atoms with Crippen molar-refractivity contribution in [2.75, 3.05) is 0 Å². The molecule has 0 fully saturated rings. The number of ketones is 1. The normalized spacial score (nSPS) is 10.2. The zero-order chi connectivity index (χ0) is 22.5. The van der Waals surface area contributed by atoms with Crippen LogP contribution >= 0.6 is 46.4 Å². The quantitative estimate of drug-likeness (QED) is 0.243. The van der Waals surface area contributed by atoms with Crippen molar-refractivity contribution in [2.24, 2.45) is 0 Å². The van der Waals surface area contributed by atoms with Gasteiger partial charge in [0.25, 0.3) is 0 Å². The molecule has 32 heavy (non-hydrogen) atoms.